The van der Waals surface area contributed by atoms with Gasteiger partial charge in [-0.1, -0.05) is 0 Å². The third kappa shape index (κ3) is 1.98. The molecule has 0 fully saturated rings. The average Bonchev–Trinajstić information content (AvgIpc) is 2.64. The van der Waals surface area contributed by atoms with Crippen LogP contribution in [-0.4, -0.2) is 13.1 Å². The molecule has 0 bridgehead atoms. The first kappa shape index (κ1) is 9.71. The van der Waals surface area contributed by atoms with Crippen molar-refractivity contribution in [3.05, 3.63) is 21.9 Å². The zero-order valence-electron chi connectivity index (χ0n) is 8.29. The molecule has 0 aliphatic heterocycles. The van der Waals surface area contributed by atoms with Gasteiger partial charge in [0.25, 0.3) is 0 Å². The minimum atomic E-state index is -0.0753. The van der Waals surface area contributed by atoms with Crippen LogP contribution in [-0.2, 0) is 22.4 Å². The molecule has 0 saturated heterocycles. The van der Waals surface area contributed by atoms with Gasteiger partial charge in [0.05, 0.1) is 7.11 Å². The Morgan fingerprint density at radius 1 is 1.71 bits per heavy atom. The van der Waals surface area contributed by atoms with Crippen LogP contribution in [0.4, 0.5) is 0 Å². The van der Waals surface area contributed by atoms with Crippen molar-refractivity contribution in [2.24, 2.45) is 5.92 Å². The zero-order chi connectivity index (χ0) is 9.97. The van der Waals surface area contributed by atoms with E-state index in [4.69, 9.17) is 0 Å². The molecule has 1 unspecified atom stereocenters. The fraction of sp³-hybridized carbons (Fsp3) is 0.545. The zero-order valence-corrected chi connectivity index (χ0v) is 9.10. The van der Waals surface area contributed by atoms with Crippen LogP contribution in [0.1, 0.15) is 23.3 Å². The summed E-state index contributed by atoms with van der Waals surface area (Å²) in [6.45, 7) is 0. The summed E-state index contributed by atoms with van der Waals surface area (Å²) in [4.78, 5) is 12.6. The van der Waals surface area contributed by atoms with Crippen LogP contribution in [0.25, 0.3) is 0 Å². The second kappa shape index (κ2) is 4.13. The maximum Gasteiger partial charge on any atom is 0.305 e. The maximum absolute atomic E-state index is 11.1. The quantitative estimate of drug-likeness (QED) is 0.701. The van der Waals surface area contributed by atoms with Crippen LogP contribution in [0, 0.1) is 5.92 Å². The van der Waals surface area contributed by atoms with E-state index in [-0.39, 0.29) is 5.97 Å². The minimum absolute atomic E-state index is 0.0753. The van der Waals surface area contributed by atoms with Crippen LogP contribution >= 0.6 is 11.3 Å². The van der Waals surface area contributed by atoms with Gasteiger partial charge in [0.15, 0.2) is 0 Å². The van der Waals surface area contributed by atoms with E-state index in [9.17, 15) is 4.79 Å². The first-order valence-electron chi connectivity index (χ1n) is 4.91. The Labute approximate surface area is 87.9 Å². The van der Waals surface area contributed by atoms with Crippen molar-refractivity contribution in [3.8, 4) is 0 Å². The summed E-state index contributed by atoms with van der Waals surface area (Å²) in [7, 11) is 1.46. The number of carbonyl (C=O) groups is 1. The number of fused-ring (bicyclic) bond motifs is 1. The third-order valence-electron chi connectivity index (χ3n) is 2.81. The predicted molar refractivity (Wildman–Crippen MR) is 56.5 cm³/mol. The number of hydrogen-bond acceptors (Lipinski definition) is 3. The van der Waals surface area contributed by atoms with E-state index in [1.165, 1.54) is 17.6 Å². The van der Waals surface area contributed by atoms with Gasteiger partial charge in [-0.05, 0) is 42.2 Å². The highest BCUT2D eigenvalue weighted by Gasteiger charge is 2.21. The van der Waals surface area contributed by atoms with Gasteiger partial charge in [-0.3, -0.25) is 4.79 Å². The average molecular weight is 210 g/mol. The van der Waals surface area contributed by atoms with Gasteiger partial charge < -0.3 is 4.74 Å². The number of rotatable bonds is 2. The number of ether oxygens (including phenoxy) is 1. The van der Waals surface area contributed by atoms with Crippen LogP contribution in [0.5, 0.6) is 0 Å². The van der Waals surface area contributed by atoms with Gasteiger partial charge in [-0.2, -0.15) is 0 Å². The van der Waals surface area contributed by atoms with E-state index < -0.39 is 0 Å². The molecule has 1 aliphatic rings. The molecule has 3 heteroatoms. The number of carbonyl (C=O) groups excluding carboxylic acids is 1. The van der Waals surface area contributed by atoms with Crippen molar-refractivity contribution in [2.75, 3.05) is 7.11 Å². The number of methoxy groups -OCH3 is 1. The standard InChI is InChI=1S/C11H14O2S/c1-13-11(12)7-8-2-3-10-9(6-8)4-5-14-10/h4-5,8H,2-3,6-7H2,1H3. The van der Waals surface area contributed by atoms with Crippen LogP contribution < -0.4 is 0 Å². The fourth-order valence-corrected chi connectivity index (χ4v) is 2.94. The van der Waals surface area contributed by atoms with E-state index in [0.717, 1.165) is 19.3 Å². The Balaban J connectivity index is 1.97. The van der Waals surface area contributed by atoms with Crippen molar-refractivity contribution in [1.82, 2.24) is 0 Å². The lowest BCUT2D eigenvalue weighted by atomic mass is 9.86. The lowest BCUT2D eigenvalue weighted by molar-refractivity contribution is -0.141. The molecule has 0 amide bonds. The van der Waals surface area contributed by atoms with Gasteiger partial charge in [0.2, 0.25) is 0 Å². The van der Waals surface area contributed by atoms with Gasteiger partial charge >= 0.3 is 5.97 Å². The SMILES string of the molecule is COC(=O)CC1CCc2sccc2C1. The minimum Gasteiger partial charge on any atom is -0.469 e. The molecule has 1 atom stereocenters. The molecule has 0 saturated carbocycles. The van der Waals surface area contributed by atoms with E-state index in [2.05, 4.69) is 16.2 Å². The normalized spacial score (nSPS) is 20.2. The van der Waals surface area contributed by atoms with E-state index in [0.29, 0.717) is 12.3 Å². The highest BCUT2D eigenvalue weighted by atomic mass is 32.1. The van der Waals surface area contributed by atoms with Gasteiger partial charge in [0, 0.05) is 11.3 Å². The fourth-order valence-electron chi connectivity index (χ4n) is 2.01. The van der Waals surface area contributed by atoms with Crippen LogP contribution in [0.2, 0.25) is 0 Å². The second-order valence-electron chi connectivity index (χ2n) is 3.76. The molecule has 0 aromatic carbocycles. The summed E-state index contributed by atoms with van der Waals surface area (Å²) in [5, 5.41) is 2.14. The summed E-state index contributed by atoms with van der Waals surface area (Å²) >= 11 is 1.84. The van der Waals surface area contributed by atoms with Gasteiger partial charge in [0.1, 0.15) is 0 Å². The first-order valence-corrected chi connectivity index (χ1v) is 5.79. The summed E-state index contributed by atoms with van der Waals surface area (Å²) in [6, 6.07) is 2.18. The molecule has 0 spiro atoms. The lowest BCUT2D eigenvalue weighted by Gasteiger charge is -2.20. The Hall–Kier alpha value is -0.830. The number of hydrogen-bond donors (Lipinski definition) is 0. The van der Waals surface area contributed by atoms with Crippen molar-refractivity contribution in [3.63, 3.8) is 0 Å². The van der Waals surface area contributed by atoms with Crippen molar-refractivity contribution < 1.29 is 9.53 Å². The number of thiophene rings is 1. The summed E-state index contributed by atoms with van der Waals surface area (Å²) in [5.74, 6) is 0.415. The molecule has 14 heavy (non-hydrogen) atoms. The van der Waals surface area contributed by atoms with Crippen molar-refractivity contribution in [2.45, 2.75) is 25.7 Å². The van der Waals surface area contributed by atoms with Gasteiger partial charge in [-0.15, -0.1) is 11.3 Å². The number of aryl methyl sites for hydroxylation is 1. The van der Waals surface area contributed by atoms with E-state index in [1.807, 2.05) is 11.3 Å². The molecule has 1 aromatic heterocycles. The molecule has 0 radical (unpaired) electrons. The molecule has 1 aliphatic carbocycles. The summed E-state index contributed by atoms with van der Waals surface area (Å²) in [5.41, 5.74) is 1.44. The molecule has 1 heterocycles. The highest BCUT2D eigenvalue weighted by molar-refractivity contribution is 7.10. The monoisotopic (exact) mass is 210 g/mol. The molecule has 2 rings (SSSR count). The number of esters is 1. The van der Waals surface area contributed by atoms with Crippen LogP contribution in [0.15, 0.2) is 11.4 Å². The smallest absolute Gasteiger partial charge is 0.305 e. The molecule has 1 aromatic rings. The Morgan fingerprint density at radius 2 is 2.57 bits per heavy atom. The molecule has 0 N–H and O–H groups in total. The van der Waals surface area contributed by atoms with Crippen LogP contribution in [0.3, 0.4) is 0 Å². The lowest BCUT2D eigenvalue weighted by Crippen LogP contribution is -2.17. The predicted octanol–water partition coefficient (Wildman–Crippen LogP) is 2.42. The summed E-state index contributed by atoms with van der Waals surface area (Å²) in [6.07, 6.45) is 3.89. The van der Waals surface area contributed by atoms with E-state index >= 15 is 0 Å². The largest absolute Gasteiger partial charge is 0.469 e. The Morgan fingerprint density at radius 3 is 3.36 bits per heavy atom. The molecule has 2 nitrogen and oxygen atoms in total. The summed E-state index contributed by atoms with van der Waals surface area (Å²) < 4.78 is 4.69. The maximum atomic E-state index is 11.1. The Bertz CT molecular complexity index is 330. The topological polar surface area (TPSA) is 26.3 Å². The Kier molecular flexibility index (Phi) is 2.87. The highest BCUT2D eigenvalue weighted by Crippen LogP contribution is 2.31. The first-order chi connectivity index (χ1) is 6.79. The van der Waals surface area contributed by atoms with E-state index in [1.54, 1.807) is 0 Å². The van der Waals surface area contributed by atoms with Crippen molar-refractivity contribution in [1.29, 1.82) is 0 Å². The van der Waals surface area contributed by atoms with Crippen molar-refractivity contribution >= 4 is 17.3 Å². The second-order valence-corrected chi connectivity index (χ2v) is 4.76. The third-order valence-corrected chi connectivity index (χ3v) is 3.83. The molecular formula is C11H14O2S. The van der Waals surface area contributed by atoms with Gasteiger partial charge in [-0.25, -0.2) is 0 Å². The molecular weight excluding hydrogens is 196 g/mol. The molecule has 76 valence electrons.